The number of benzene rings is 1. The Kier molecular flexibility index (Phi) is 3.73. The van der Waals surface area contributed by atoms with Crippen molar-refractivity contribution in [3.05, 3.63) is 53.4 Å². The molecule has 20 heavy (non-hydrogen) atoms. The first-order valence-electron chi connectivity index (χ1n) is 5.51. The molecule has 0 bridgehead atoms. The van der Waals surface area contributed by atoms with Gasteiger partial charge in [-0.15, -0.1) is 0 Å². The molecule has 8 heteroatoms. The fourth-order valence-corrected chi connectivity index (χ4v) is 1.58. The summed E-state index contributed by atoms with van der Waals surface area (Å²) in [7, 11) is 0. The fourth-order valence-electron chi connectivity index (χ4n) is 1.58. The van der Waals surface area contributed by atoms with Gasteiger partial charge in [-0.05, 0) is 12.1 Å². The zero-order chi connectivity index (χ0) is 14.8. The largest absolute Gasteiger partial charge is 0.419 e. The van der Waals surface area contributed by atoms with E-state index in [1.807, 2.05) is 0 Å². The molecule has 1 aromatic carbocycles. The summed E-state index contributed by atoms with van der Waals surface area (Å²) in [5.41, 5.74) is -2.13. The van der Waals surface area contributed by atoms with Gasteiger partial charge in [0.25, 0.3) is 5.91 Å². The quantitative estimate of drug-likeness (QED) is 0.852. The highest BCUT2D eigenvalue weighted by molar-refractivity contribution is 5.94. The molecule has 0 aliphatic heterocycles. The molecule has 2 N–H and O–H groups in total. The van der Waals surface area contributed by atoms with Crippen LogP contribution in [0.5, 0.6) is 0 Å². The fraction of sp³-hybridized carbons (Fsp3) is 0.167. The highest BCUT2D eigenvalue weighted by Crippen LogP contribution is 2.32. The number of carbonyl (C=O) groups excluding carboxylic acids is 1. The lowest BCUT2D eigenvalue weighted by Crippen LogP contribution is -2.25. The lowest BCUT2D eigenvalue weighted by Gasteiger charge is -2.11. The molecule has 0 radical (unpaired) electrons. The maximum Gasteiger partial charge on any atom is 0.419 e. The molecule has 0 saturated carbocycles. The average Bonchev–Trinajstić information content (AvgIpc) is 2.88. The van der Waals surface area contributed by atoms with Gasteiger partial charge in [-0.25, -0.2) is 9.37 Å². The lowest BCUT2D eigenvalue weighted by molar-refractivity contribution is -0.140. The predicted molar refractivity (Wildman–Crippen MR) is 61.2 cm³/mol. The number of rotatable bonds is 3. The molecule has 106 valence electrons. The summed E-state index contributed by atoms with van der Waals surface area (Å²) < 4.78 is 51.2. The highest BCUT2D eigenvalue weighted by atomic mass is 19.4. The van der Waals surface area contributed by atoms with Crippen LogP contribution in [0, 0.1) is 5.82 Å². The molecular formula is C12H9F4N3O. The Labute approximate surface area is 110 Å². The highest BCUT2D eigenvalue weighted by Gasteiger charge is 2.35. The molecule has 0 atom stereocenters. The van der Waals surface area contributed by atoms with Gasteiger partial charge in [0.05, 0.1) is 17.7 Å². The van der Waals surface area contributed by atoms with Gasteiger partial charge >= 0.3 is 6.18 Å². The van der Waals surface area contributed by atoms with Crippen LogP contribution in [0.1, 0.15) is 21.7 Å². The predicted octanol–water partition coefficient (Wildman–Crippen LogP) is 2.50. The Morgan fingerprint density at radius 3 is 2.70 bits per heavy atom. The molecule has 2 aromatic rings. The first kappa shape index (κ1) is 14.0. The van der Waals surface area contributed by atoms with E-state index in [2.05, 4.69) is 15.3 Å². The van der Waals surface area contributed by atoms with Crippen molar-refractivity contribution in [3.8, 4) is 0 Å². The summed E-state index contributed by atoms with van der Waals surface area (Å²) in [5.74, 6) is -2.12. The Hall–Kier alpha value is -2.38. The summed E-state index contributed by atoms with van der Waals surface area (Å²) in [4.78, 5) is 18.2. The van der Waals surface area contributed by atoms with E-state index in [1.165, 1.54) is 12.4 Å². The van der Waals surface area contributed by atoms with Crippen molar-refractivity contribution >= 4 is 5.91 Å². The Morgan fingerprint density at radius 1 is 1.35 bits per heavy atom. The maximum absolute atomic E-state index is 13.7. The second kappa shape index (κ2) is 5.32. The number of amides is 1. The normalized spacial score (nSPS) is 11.4. The molecule has 0 fully saturated rings. The molecule has 1 amide bonds. The van der Waals surface area contributed by atoms with E-state index in [-0.39, 0.29) is 6.54 Å². The SMILES string of the molecule is O=C(NCc1ncc[nH]1)c1cccc(C(F)(F)F)c1F. The Morgan fingerprint density at radius 2 is 2.10 bits per heavy atom. The number of imidazole rings is 1. The third-order valence-corrected chi connectivity index (χ3v) is 2.52. The monoisotopic (exact) mass is 287 g/mol. The molecule has 2 rings (SSSR count). The van der Waals surface area contributed by atoms with Gasteiger partial charge in [0.15, 0.2) is 0 Å². The number of hydrogen-bond acceptors (Lipinski definition) is 2. The average molecular weight is 287 g/mol. The van der Waals surface area contributed by atoms with Crippen molar-refractivity contribution in [2.45, 2.75) is 12.7 Å². The third kappa shape index (κ3) is 2.95. The number of halogens is 4. The van der Waals surface area contributed by atoms with E-state index >= 15 is 0 Å². The van der Waals surface area contributed by atoms with Crippen molar-refractivity contribution in [2.75, 3.05) is 0 Å². The number of H-pyrrole nitrogens is 1. The van der Waals surface area contributed by atoms with E-state index in [0.717, 1.165) is 12.1 Å². The van der Waals surface area contributed by atoms with Crippen LogP contribution >= 0.6 is 0 Å². The van der Waals surface area contributed by atoms with Gasteiger partial charge in [-0.2, -0.15) is 13.2 Å². The van der Waals surface area contributed by atoms with E-state index < -0.39 is 29.0 Å². The standard InChI is InChI=1S/C12H9F4N3O/c13-10-7(2-1-3-8(10)12(14,15)16)11(20)19-6-9-17-4-5-18-9/h1-5H,6H2,(H,17,18)(H,19,20). The molecule has 1 heterocycles. The van der Waals surface area contributed by atoms with Crippen LogP contribution in [0.4, 0.5) is 17.6 Å². The van der Waals surface area contributed by atoms with Gasteiger partial charge in [-0.1, -0.05) is 6.07 Å². The molecular weight excluding hydrogens is 278 g/mol. The first-order chi connectivity index (χ1) is 9.39. The van der Waals surface area contributed by atoms with Crippen LogP contribution in [0.2, 0.25) is 0 Å². The molecule has 4 nitrogen and oxygen atoms in total. The van der Waals surface area contributed by atoms with E-state index in [4.69, 9.17) is 0 Å². The number of aromatic amines is 1. The van der Waals surface area contributed by atoms with Crippen LogP contribution in [-0.4, -0.2) is 15.9 Å². The smallest absolute Gasteiger partial charge is 0.347 e. The molecule has 0 unspecified atom stereocenters. The molecule has 0 aliphatic rings. The van der Waals surface area contributed by atoms with Crippen LogP contribution < -0.4 is 5.32 Å². The topological polar surface area (TPSA) is 57.8 Å². The summed E-state index contributed by atoms with van der Waals surface area (Å²) in [6, 6.07) is 2.55. The first-order valence-corrected chi connectivity index (χ1v) is 5.51. The number of aromatic nitrogens is 2. The Bertz CT molecular complexity index is 608. The summed E-state index contributed by atoms with van der Waals surface area (Å²) in [6.07, 6.45) is -1.87. The van der Waals surface area contributed by atoms with Crippen LogP contribution in [0.15, 0.2) is 30.6 Å². The van der Waals surface area contributed by atoms with Crippen molar-refractivity contribution in [3.63, 3.8) is 0 Å². The summed E-state index contributed by atoms with van der Waals surface area (Å²) in [5, 5.41) is 2.28. The zero-order valence-electron chi connectivity index (χ0n) is 9.96. The minimum atomic E-state index is -4.85. The summed E-state index contributed by atoms with van der Waals surface area (Å²) >= 11 is 0. The van der Waals surface area contributed by atoms with Crippen molar-refractivity contribution < 1.29 is 22.4 Å². The number of alkyl halides is 3. The number of nitrogens with one attached hydrogen (secondary N) is 2. The number of hydrogen-bond donors (Lipinski definition) is 2. The summed E-state index contributed by atoms with van der Waals surface area (Å²) in [6.45, 7) is -0.0402. The zero-order valence-corrected chi connectivity index (χ0v) is 9.96. The van der Waals surface area contributed by atoms with E-state index in [9.17, 15) is 22.4 Å². The molecule has 0 saturated heterocycles. The van der Waals surface area contributed by atoms with Crippen molar-refractivity contribution in [1.29, 1.82) is 0 Å². The maximum atomic E-state index is 13.7. The van der Waals surface area contributed by atoms with Gasteiger partial charge < -0.3 is 10.3 Å². The minimum Gasteiger partial charge on any atom is -0.347 e. The van der Waals surface area contributed by atoms with E-state index in [1.54, 1.807) is 0 Å². The van der Waals surface area contributed by atoms with Gasteiger partial charge in [0, 0.05) is 12.4 Å². The van der Waals surface area contributed by atoms with Gasteiger partial charge in [-0.3, -0.25) is 4.79 Å². The van der Waals surface area contributed by atoms with E-state index in [0.29, 0.717) is 11.9 Å². The van der Waals surface area contributed by atoms with Crippen LogP contribution in [0.3, 0.4) is 0 Å². The number of nitrogens with zero attached hydrogens (tertiary/aromatic N) is 1. The Balaban J connectivity index is 2.18. The molecule has 1 aromatic heterocycles. The third-order valence-electron chi connectivity index (χ3n) is 2.52. The van der Waals surface area contributed by atoms with Crippen molar-refractivity contribution in [1.82, 2.24) is 15.3 Å². The van der Waals surface area contributed by atoms with Crippen molar-refractivity contribution in [2.24, 2.45) is 0 Å². The van der Waals surface area contributed by atoms with Crippen LogP contribution in [0.25, 0.3) is 0 Å². The molecule has 0 aliphatic carbocycles. The second-order valence-corrected chi connectivity index (χ2v) is 3.88. The van der Waals surface area contributed by atoms with Gasteiger partial charge in [0.2, 0.25) is 0 Å². The second-order valence-electron chi connectivity index (χ2n) is 3.88. The minimum absolute atomic E-state index is 0.0402. The molecule has 0 spiro atoms. The lowest BCUT2D eigenvalue weighted by atomic mass is 10.1. The number of carbonyl (C=O) groups is 1. The van der Waals surface area contributed by atoms with Gasteiger partial charge in [0.1, 0.15) is 11.6 Å². The van der Waals surface area contributed by atoms with Crippen LogP contribution in [-0.2, 0) is 12.7 Å².